The van der Waals surface area contributed by atoms with Gasteiger partial charge in [-0.05, 0) is 50.0 Å². The molecule has 1 heterocycles. The van der Waals surface area contributed by atoms with Crippen molar-refractivity contribution < 1.29 is 0 Å². The minimum atomic E-state index is 0.459. The molecule has 1 saturated heterocycles. The van der Waals surface area contributed by atoms with E-state index in [-0.39, 0.29) is 0 Å². The lowest BCUT2D eigenvalue weighted by molar-refractivity contribution is 0.136. The third kappa shape index (κ3) is 2.30. The van der Waals surface area contributed by atoms with Crippen molar-refractivity contribution in [3.05, 3.63) is 34.3 Å². The van der Waals surface area contributed by atoms with Crippen LogP contribution in [0.1, 0.15) is 37.7 Å². The highest BCUT2D eigenvalue weighted by molar-refractivity contribution is 9.10. The van der Waals surface area contributed by atoms with Crippen LogP contribution in [0.3, 0.4) is 0 Å². The highest BCUT2D eigenvalue weighted by Gasteiger charge is 2.38. The third-order valence-corrected chi connectivity index (χ3v) is 5.02. The summed E-state index contributed by atoms with van der Waals surface area (Å²) in [4.78, 5) is 2.63. The Hall–Kier alpha value is -0.340. The van der Waals surface area contributed by atoms with Crippen molar-refractivity contribution in [3.8, 4) is 0 Å². The number of likely N-dealkylation sites (tertiary alicyclic amines) is 1. The number of hydrogen-bond acceptors (Lipinski definition) is 1. The van der Waals surface area contributed by atoms with Crippen molar-refractivity contribution in [1.82, 2.24) is 4.90 Å². The zero-order valence-corrected chi connectivity index (χ0v) is 11.9. The Labute approximate surface area is 112 Å². The molecule has 0 amide bonds. The summed E-state index contributed by atoms with van der Waals surface area (Å²) < 4.78 is 1.19. The first-order valence-corrected chi connectivity index (χ1v) is 7.56. The molecule has 0 radical (unpaired) electrons. The molecule has 0 spiro atoms. The zero-order valence-electron chi connectivity index (χ0n) is 10.3. The summed E-state index contributed by atoms with van der Waals surface area (Å²) in [6.07, 6.45) is 6.97. The molecule has 0 atom stereocenters. The molecule has 17 heavy (non-hydrogen) atoms. The maximum atomic E-state index is 3.54. The molecule has 1 saturated carbocycles. The molecule has 1 aliphatic heterocycles. The Morgan fingerprint density at radius 1 is 1.00 bits per heavy atom. The second kappa shape index (κ2) is 4.74. The van der Waals surface area contributed by atoms with Gasteiger partial charge in [-0.25, -0.2) is 0 Å². The lowest BCUT2D eigenvalue weighted by atomic mass is 9.78. The van der Waals surface area contributed by atoms with E-state index in [2.05, 4.69) is 45.1 Å². The Morgan fingerprint density at radius 3 is 2.18 bits per heavy atom. The van der Waals surface area contributed by atoms with Crippen LogP contribution in [-0.4, -0.2) is 24.5 Å². The molecule has 1 nitrogen and oxygen atoms in total. The number of hydrogen-bond donors (Lipinski definition) is 0. The second-order valence-corrected chi connectivity index (χ2v) is 6.54. The SMILES string of the molecule is Brc1ccc(C2(CN3CCC3)CCCC2)cc1. The van der Waals surface area contributed by atoms with Gasteiger partial charge in [0.25, 0.3) is 0 Å². The smallest absolute Gasteiger partial charge is 0.0175 e. The normalized spacial score (nSPS) is 23.6. The van der Waals surface area contributed by atoms with Crippen molar-refractivity contribution >= 4 is 15.9 Å². The molecule has 0 aromatic heterocycles. The van der Waals surface area contributed by atoms with Gasteiger partial charge in [0.05, 0.1) is 0 Å². The molecule has 1 aliphatic carbocycles. The molecular formula is C15H20BrN. The predicted octanol–water partition coefficient (Wildman–Crippen LogP) is 3.97. The van der Waals surface area contributed by atoms with Gasteiger partial charge in [-0.1, -0.05) is 40.9 Å². The quantitative estimate of drug-likeness (QED) is 0.815. The van der Waals surface area contributed by atoms with Crippen LogP contribution in [0.5, 0.6) is 0 Å². The zero-order chi connectivity index (χ0) is 11.7. The summed E-state index contributed by atoms with van der Waals surface area (Å²) in [6.45, 7) is 3.92. The van der Waals surface area contributed by atoms with Crippen molar-refractivity contribution in [1.29, 1.82) is 0 Å². The van der Waals surface area contributed by atoms with Crippen molar-refractivity contribution in [3.63, 3.8) is 0 Å². The molecule has 2 aliphatic rings. The molecule has 0 unspecified atom stereocenters. The van der Waals surface area contributed by atoms with Crippen LogP contribution in [0.25, 0.3) is 0 Å². The molecule has 92 valence electrons. The Bertz CT molecular complexity index is 374. The van der Waals surface area contributed by atoms with Crippen LogP contribution in [-0.2, 0) is 5.41 Å². The fourth-order valence-electron chi connectivity index (χ4n) is 3.36. The fraction of sp³-hybridized carbons (Fsp3) is 0.600. The van der Waals surface area contributed by atoms with E-state index in [1.54, 1.807) is 5.56 Å². The minimum Gasteiger partial charge on any atom is -0.302 e. The molecule has 0 N–H and O–H groups in total. The minimum absolute atomic E-state index is 0.459. The van der Waals surface area contributed by atoms with Crippen LogP contribution in [0, 0.1) is 0 Å². The van der Waals surface area contributed by atoms with E-state index in [4.69, 9.17) is 0 Å². The average molecular weight is 294 g/mol. The third-order valence-electron chi connectivity index (χ3n) is 4.49. The Kier molecular flexibility index (Phi) is 3.27. The van der Waals surface area contributed by atoms with Crippen LogP contribution in [0.2, 0.25) is 0 Å². The summed E-state index contributed by atoms with van der Waals surface area (Å²) in [5.41, 5.74) is 2.02. The van der Waals surface area contributed by atoms with Crippen molar-refractivity contribution in [2.45, 2.75) is 37.5 Å². The molecule has 1 aromatic carbocycles. The van der Waals surface area contributed by atoms with Gasteiger partial charge in [0.15, 0.2) is 0 Å². The van der Waals surface area contributed by atoms with Gasteiger partial charge in [0.2, 0.25) is 0 Å². The fourth-order valence-corrected chi connectivity index (χ4v) is 3.63. The molecular weight excluding hydrogens is 274 g/mol. The van der Waals surface area contributed by atoms with Crippen molar-refractivity contribution in [2.24, 2.45) is 0 Å². The van der Waals surface area contributed by atoms with Gasteiger partial charge >= 0.3 is 0 Å². The van der Waals surface area contributed by atoms with Gasteiger partial charge in [0.1, 0.15) is 0 Å². The maximum absolute atomic E-state index is 3.54. The van der Waals surface area contributed by atoms with Gasteiger partial charge in [-0.3, -0.25) is 0 Å². The highest BCUT2D eigenvalue weighted by Crippen LogP contribution is 2.42. The van der Waals surface area contributed by atoms with Crippen LogP contribution >= 0.6 is 15.9 Å². The first-order chi connectivity index (χ1) is 8.28. The average Bonchev–Trinajstić information content (AvgIpc) is 2.74. The largest absolute Gasteiger partial charge is 0.302 e. The Morgan fingerprint density at radius 2 is 1.65 bits per heavy atom. The summed E-state index contributed by atoms with van der Waals surface area (Å²) in [6, 6.07) is 9.06. The molecule has 2 heteroatoms. The maximum Gasteiger partial charge on any atom is 0.0175 e. The summed E-state index contributed by atoms with van der Waals surface area (Å²) >= 11 is 3.54. The molecule has 3 rings (SSSR count). The lowest BCUT2D eigenvalue weighted by Gasteiger charge is -2.40. The first-order valence-electron chi connectivity index (χ1n) is 6.77. The van der Waals surface area contributed by atoms with E-state index < -0.39 is 0 Å². The van der Waals surface area contributed by atoms with E-state index in [1.165, 1.54) is 56.2 Å². The van der Waals surface area contributed by atoms with E-state index in [1.807, 2.05) is 0 Å². The summed E-state index contributed by atoms with van der Waals surface area (Å²) in [7, 11) is 0. The molecule has 1 aromatic rings. The van der Waals surface area contributed by atoms with E-state index in [9.17, 15) is 0 Å². The van der Waals surface area contributed by atoms with E-state index in [0.29, 0.717) is 5.41 Å². The summed E-state index contributed by atoms with van der Waals surface area (Å²) in [5, 5.41) is 0. The van der Waals surface area contributed by atoms with Gasteiger partial charge < -0.3 is 4.90 Å². The van der Waals surface area contributed by atoms with E-state index >= 15 is 0 Å². The first kappa shape index (κ1) is 11.7. The van der Waals surface area contributed by atoms with Gasteiger partial charge in [-0.2, -0.15) is 0 Å². The highest BCUT2D eigenvalue weighted by atomic mass is 79.9. The second-order valence-electron chi connectivity index (χ2n) is 5.62. The lowest BCUT2D eigenvalue weighted by Crippen LogP contribution is -2.46. The summed E-state index contributed by atoms with van der Waals surface area (Å²) in [5.74, 6) is 0. The topological polar surface area (TPSA) is 3.24 Å². The number of rotatable bonds is 3. The molecule has 0 bridgehead atoms. The number of halogens is 1. The van der Waals surface area contributed by atoms with Crippen molar-refractivity contribution in [2.75, 3.05) is 19.6 Å². The molecule has 2 fully saturated rings. The number of nitrogens with zero attached hydrogens (tertiary/aromatic N) is 1. The van der Waals surface area contributed by atoms with Crippen LogP contribution < -0.4 is 0 Å². The standard InChI is InChI=1S/C15H20BrN/c16-14-6-4-13(5-7-14)15(8-1-2-9-15)12-17-10-3-11-17/h4-7H,1-3,8-12H2. The predicted molar refractivity (Wildman–Crippen MR) is 75.3 cm³/mol. The number of benzene rings is 1. The van der Waals surface area contributed by atoms with Gasteiger partial charge in [-0.15, -0.1) is 0 Å². The van der Waals surface area contributed by atoms with E-state index in [0.717, 1.165) is 0 Å². The van der Waals surface area contributed by atoms with Crippen LogP contribution in [0.4, 0.5) is 0 Å². The Balaban J connectivity index is 1.84. The van der Waals surface area contributed by atoms with Crippen LogP contribution in [0.15, 0.2) is 28.7 Å². The monoisotopic (exact) mass is 293 g/mol. The van der Waals surface area contributed by atoms with Gasteiger partial charge in [0, 0.05) is 16.4 Å².